The second-order valence-corrected chi connectivity index (χ2v) is 5.01. The maximum atomic E-state index is 11.4. The summed E-state index contributed by atoms with van der Waals surface area (Å²) in [5.74, 6) is 1.06. The molecule has 1 aliphatic rings. The molecule has 1 aliphatic heterocycles. The van der Waals surface area contributed by atoms with E-state index in [0.717, 1.165) is 18.6 Å². The van der Waals surface area contributed by atoms with E-state index in [1.807, 2.05) is 11.9 Å². The van der Waals surface area contributed by atoms with E-state index in [1.165, 1.54) is 0 Å². The van der Waals surface area contributed by atoms with Crippen LogP contribution in [0, 0.1) is 0 Å². The summed E-state index contributed by atoms with van der Waals surface area (Å²) in [4.78, 5) is 13.3. The number of ether oxygens (including phenoxy) is 1. The normalized spacial score (nSPS) is 26.9. The average Bonchev–Trinajstić information content (AvgIpc) is 2.26. The highest BCUT2D eigenvalue weighted by Crippen LogP contribution is 2.31. The van der Waals surface area contributed by atoms with Gasteiger partial charge in [-0.1, -0.05) is 0 Å². The Labute approximate surface area is 95.0 Å². The summed E-state index contributed by atoms with van der Waals surface area (Å²) in [7, 11) is 3.51. The zero-order valence-corrected chi connectivity index (χ0v) is 10.2. The summed E-state index contributed by atoms with van der Waals surface area (Å²) >= 11 is 1.73. The molecule has 0 aromatic heterocycles. The van der Waals surface area contributed by atoms with E-state index in [9.17, 15) is 9.90 Å². The molecule has 1 heterocycles. The Bertz CT molecular complexity index is 217. The number of hydrogen-bond acceptors (Lipinski definition) is 4. The number of nitrogens with zero attached hydrogens (tertiary/aromatic N) is 1. The lowest BCUT2D eigenvalue weighted by Gasteiger charge is -2.40. The van der Waals surface area contributed by atoms with E-state index < -0.39 is 11.5 Å². The second kappa shape index (κ2) is 5.72. The van der Waals surface area contributed by atoms with Gasteiger partial charge in [0.05, 0.1) is 6.61 Å². The highest BCUT2D eigenvalue weighted by atomic mass is 32.2. The van der Waals surface area contributed by atoms with Gasteiger partial charge in [0.2, 0.25) is 0 Å². The number of rotatable bonds is 5. The van der Waals surface area contributed by atoms with Gasteiger partial charge in [-0.25, -0.2) is 0 Å². The van der Waals surface area contributed by atoms with Gasteiger partial charge >= 0.3 is 5.97 Å². The van der Waals surface area contributed by atoms with Crippen molar-refractivity contribution >= 4 is 17.7 Å². The molecule has 1 saturated heterocycles. The number of thioether (sulfide) groups is 1. The standard InChI is InChI=1S/C10H19NO3S/c1-11(5-6-14-2)10(9(12)13)4-3-7-15-8-10/h3-8H2,1-2H3,(H,12,13). The first-order valence-corrected chi connectivity index (χ1v) is 6.30. The van der Waals surface area contributed by atoms with Gasteiger partial charge in [-0.3, -0.25) is 9.69 Å². The lowest BCUT2D eigenvalue weighted by Crippen LogP contribution is -2.57. The van der Waals surface area contributed by atoms with Gasteiger partial charge in [0.1, 0.15) is 5.54 Å². The lowest BCUT2D eigenvalue weighted by molar-refractivity contribution is -0.150. The first-order valence-electron chi connectivity index (χ1n) is 5.15. The molecule has 88 valence electrons. The summed E-state index contributed by atoms with van der Waals surface area (Å²) in [5, 5.41) is 9.36. The third kappa shape index (κ3) is 2.86. The van der Waals surface area contributed by atoms with Crippen molar-refractivity contribution in [3.63, 3.8) is 0 Å². The molecule has 0 aliphatic carbocycles. The maximum absolute atomic E-state index is 11.4. The Morgan fingerprint density at radius 3 is 2.87 bits per heavy atom. The topological polar surface area (TPSA) is 49.8 Å². The molecule has 1 rings (SSSR count). The lowest BCUT2D eigenvalue weighted by atomic mass is 9.93. The molecule has 4 nitrogen and oxygen atoms in total. The predicted octanol–water partition coefficient (Wildman–Crippen LogP) is 0.915. The zero-order chi connectivity index (χ0) is 11.3. The van der Waals surface area contributed by atoms with Crippen LogP contribution in [0.4, 0.5) is 0 Å². The zero-order valence-electron chi connectivity index (χ0n) is 9.36. The quantitative estimate of drug-likeness (QED) is 0.765. The van der Waals surface area contributed by atoms with Crippen LogP contribution >= 0.6 is 11.8 Å². The number of hydrogen-bond donors (Lipinski definition) is 1. The monoisotopic (exact) mass is 233 g/mol. The van der Waals surface area contributed by atoms with E-state index >= 15 is 0 Å². The molecule has 0 radical (unpaired) electrons. The molecule has 0 spiro atoms. The van der Waals surface area contributed by atoms with Crippen LogP contribution in [0.2, 0.25) is 0 Å². The largest absolute Gasteiger partial charge is 0.480 e. The summed E-state index contributed by atoms with van der Waals surface area (Å²) < 4.78 is 4.99. The molecule has 0 aromatic rings. The smallest absolute Gasteiger partial charge is 0.324 e. The molecule has 1 atom stereocenters. The van der Waals surface area contributed by atoms with Crippen molar-refractivity contribution < 1.29 is 14.6 Å². The van der Waals surface area contributed by atoms with Crippen molar-refractivity contribution in [2.45, 2.75) is 18.4 Å². The van der Waals surface area contributed by atoms with Gasteiger partial charge in [0, 0.05) is 19.4 Å². The number of carboxylic acid groups (broad SMARTS) is 1. The molecule has 5 heteroatoms. The molecule has 1 N–H and O–H groups in total. The number of aliphatic carboxylic acids is 1. The number of carbonyl (C=O) groups is 1. The van der Waals surface area contributed by atoms with E-state index in [0.29, 0.717) is 18.9 Å². The van der Waals surface area contributed by atoms with E-state index in [4.69, 9.17) is 4.74 Å². The summed E-state index contributed by atoms with van der Waals surface area (Å²) in [5.41, 5.74) is -0.679. The molecular weight excluding hydrogens is 214 g/mol. The van der Waals surface area contributed by atoms with Gasteiger partial charge in [0.15, 0.2) is 0 Å². The van der Waals surface area contributed by atoms with Gasteiger partial charge in [0.25, 0.3) is 0 Å². The van der Waals surface area contributed by atoms with Crippen LogP contribution in [0.15, 0.2) is 0 Å². The summed E-state index contributed by atoms with van der Waals surface area (Å²) in [6, 6.07) is 0. The van der Waals surface area contributed by atoms with Gasteiger partial charge in [-0.15, -0.1) is 0 Å². The molecule has 0 bridgehead atoms. The predicted molar refractivity (Wildman–Crippen MR) is 61.4 cm³/mol. The van der Waals surface area contributed by atoms with Crippen LogP contribution in [-0.2, 0) is 9.53 Å². The molecule has 15 heavy (non-hydrogen) atoms. The molecule has 1 fully saturated rings. The minimum Gasteiger partial charge on any atom is -0.480 e. The molecule has 0 aromatic carbocycles. The van der Waals surface area contributed by atoms with Crippen LogP contribution in [0.25, 0.3) is 0 Å². The van der Waals surface area contributed by atoms with Crippen LogP contribution in [0.3, 0.4) is 0 Å². The number of likely N-dealkylation sites (N-methyl/N-ethyl adjacent to an activating group) is 1. The van der Waals surface area contributed by atoms with Gasteiger partial charge in [-0.05, 0) is 25.6 Å². The minimum absolute atomic E-state index is 0.580. The van der Waals surface area contributed by atoms with Crippen molar-refractivity contribution in [1.82, 2.24) is 4.90 Å². The fourth-order valence-corrected chi connectivity index (χ4v) is 3.17. The number of methoxy groups -OCH3 is 1. The first kappa shape index (κ1) is 12.8. The summed E-state index contributed by atoms with van der Waals surface area (Å²) in [6.07, 6.45) is 1.73. The van der Waals surface area contributed by atoms with E-state index in [2.05, 4.69) is 0 Å². The third-order valence-electron chi connectivity index (χ3n) is 2.98. The van der Waals surface area contributed by atoms with E-state index in [-0.39, 0.29) is 0 Å². The average molecular weight is 233 g/mol. The SMILES string of the molecule is COCCN(C)C1(C(=O)O)CCCSC1. The Kier molecular flexibility index (Phi) is 4.89. The van der Waals surface area contributed by atoms with Crippen LogP contribution < -0.4 is 0 Å². The third-order valence-corrected chi connectivity index (χ3v) is 4.24. The van der Waals surface area contributed by atoms with Crippen LogP contribution in [-0.4, -0.2) is 60.3 Å². The molecular formula is C10H19NO3S. The van der Waals surface area contributed by atoms with Gasteiger partial charge < -0.3 is 9.84 Å². The summed E-state index contributed by atoms with van der Waals surface area (Å²) in [6.45, 7) is 1.25. The minimum atomic E-state index is -0.701. The Morgan fingerprint density at radius 1 is 1.67 bits per heavy atom. The van der Waals surface area contributed by atoms with Crippen molar-refractivity contribution in [3.05, 3.63) is 0 Å². The fourth-order valence-electron chi connectivity index (χ4n) is 1.86. The van der Waals surface area contributed by atoms with Crippen molar-refractivity contribution in [3.8, 4) is 0 Å². The molecule has 0 amide bonds. The Balaban J connectivity index is 2.66. The van der Waals surface area contributed by atoms with Gasteiger partial charge in [-0.2, -0.15) is 11.8 Å². The Morgan fingerprint density at radius 2 is 2.40 bits per heavy atom. The van der Waals surface area contributed by atoms with E-state index in [1.54, 1.807) is 18.9 Å². The highest BCUT2D eigenvalue weighted by molar-refractivity contribution is 7.99. The fraction of sp³-hybridized carbons (Fsp3) is 0.900. The van der Waals surface area contributed by atoms with Crippen molar-refractivity contribution in [2.24, 2.45) is 0 Å². The first-order chi connectivity index (χ1) is 7.13. The van der Waals surface area contributed by atoms with Crippen molar-refractivity contribution in [1.29, 1.82) is 0 Å². The second-order valence-electron chi connectivity index (χ2n) is 3.91. The molecule has 0 saturated carbocycles. The van der Waals surface area contributed by atoms with Crippen molar-refractivity contribution in [2.75, 3.05) is 38.8 Å². The Hall–Kier alpha value is -0.260. The van der Waals surface area contributed by atoms with Crippen LogP contribution in [0.1, 0.15) is 12.8 Å². The maximum Gasteiger partial charge on any atom is 0.324 e. The highest BCUT2D eigenvalue weighted by Gasteiger charge is 2.43. The van der Waals surface area contributed by atoms with Crippen LogP contribution in [0.5, 0.6) is 0 Å². The number of carboxylic acids is 1. The molecule has 1 unspecified atom stereocenters.